The van der Waals surface area contributed by atoms with E-state index in [1.54, 1.807) is 0 Å². The van der Waals surface area contributed by atoms with Crippen LogP contribution in [0.4, 0.5) is 0 Å². The molecular formula is C15H23BrN2. The zero-order valence-electron chi connectivity index (χ0n) is 11.2. The van der Waals surface area contributed by atoms with E-state index < -0.39 is 0 Å². The molecule has 0 saturated heterocycles. The molecule has 3 atom stereocenters. The van der Waals surface area contributed by atoms with Crippen LogP contribution < -0.4 is 11.3 Å². The molecule has 0 radical (unpaired) electrons. The largest absolute Gasteiger partial charge is 0.271 e. The van der Waals surface area contributed by atoms with Gasteiger partial charge in [-0.2, -0.15) is 0 Å². The van der Waals surface area contributed by atoms with Gasteiger partial charge >= 0.3 is 0 Å². The summed E-state index contributed by atoms with van der Waals surface area (Å²) in [5, 5.41) is 0. The van der Waals surface area contributed by atoms with Crippen LogP contribution in [0, 0.1) is 18.8 Å². The van der Waals surface area contributed by atoms with Crippen LogP contribution in [0.15, 0.2) is 22.7 Å². The zero-order valence-corrected chi connectivity index (χ0v) is 12.8. The Morgan fingerprint density at radius 1 is 1.39 bits per heavy atom. The lowest BCUT2D eigenvalue weighted by Gasteiger charge is -2.34. The molecule has 1 aromatic rings. The van der Waals surface area contributed by atoms with Crippen LogP contribution in [0.2, 0.25) is 0 Å². The maximum absolute atomic E-state index is 5.83. The second-order valence-electron chi connectivity index (χ2n) is 5.63. The highest BCUT2D eigenvalue weighted by molar-refractivity contribution is 9.10. The van der Waals surface area contributed by atoms with Gasteiger partial charge in [0.05, 0.1) is 0 Å². The van der Waals surface area contributed by atoms with Crippen LogP contribution in [-0.4, -0.2) is 0 Å². The third-order valence-corrected chi connectivity index (χ3v) is 5.13. The molecule has 1 aliphatic rings. The third kappa shape index (κ3) is 2.95. The lowest BCUT2D eigenvalue weighted by molar-refractivity contribution is 0.224. The van der Waals surface area contributed by atoms with Crippen molar-refractivity contribution < 1.29 is 0 Å². The fourth-order valence-corrected chi connectivity index (χ4v) is 3.61. The van der Waals surface area contributed by atoms with E-state index in [1.165, 1.54) is 41.3 Å². The Morgan fingerprint density at radius 3 is 2.83 bits per heavy atom. The van der Waals surface area contributed by atoms with Crippen molar-refractivity contribution in [1.82, 2.24) is 5.43 Å². The van der Waals surface area contributed by atoms with Gasteiger partial charge in [0.25, 0.3) is 0 Å². The maximum Gasteiger partial charge on any atom is 0.0491 e. The highest BCUT2D eigenvalue weighted by Gasteiger charge is 2.28. The second-order valence-corrected chi connectivity index (χ2v) is 6.48. The number of halogens is 1. The lowest BCUT2D eigenvalue weighted by Crippen LogP contribution is -2.36. The average molecular weight is 311 g/mol. The number of benzene rings is 1. The molecule has 3 unspecified atom stereocenters. The Kier molecular flexibility index (Phi) is 4.82. The number of nitrogens with two attached hydrogens (primary N) is 1. The fraction of sp³-hybridized carbons (Fsp3) is 0.600. The van der Waals surface area contributed by atoms with Crippen molar-refractivity contribution in [2.45, 2.75) is 45.6 Å². The van der Waals surface area contributed by atoms with Gasteiger partial charge in [-0.25, -0.2) is 0 Å². The monoisotopic (exact) mass is 310 g/mol. The molecule has 1 saturated carbocycles. The number of hydrazine groups is 1. The van der Waals surface area contributed by atoms with Crippen LogP contribution in [-0.2, 0) is 0 Å². The quantitative estimate of drug-likeness (QED) is 0.652. The summed E-state index contributed by atoms with van der Waals surface area (Å²) >= 11 is 3.61. The van der Waals surface area contributed by atoms with Gasteiger partial charge in [-0.1, -0.05) is 47.8 Å². The summed E-state index contributed by atoms with van der Waals surface area (Å²) < 4.78 is 1.17. The van der Waals surface area contributed by atoms with E-state index in [0.717, 1.165) is 5.92 Å². The van der Waals surface area contributed by atoms with Gasteiger partial charge in [-0.15, -0.1) is 0 Å². The number of hydrogen-bond acceptors (Lipinski definition) is 2. The molecule has 3 heteroatoms. The molecule has 0 spiro atoms. The Labute approximate surface area is 118 Å². The highest BCUT2D eigenvalue weighted by atomic mass is 79.9. The summed E-state index contributed by atoms with van der Waals surface area (Å²) in [7, 11) is 0. The molecule has 18 heavy (non-hydrogen) atoms. The zero-order chi connectivity index (χ0) is 13.1. The highest BCUT2D eigenvalue weighted by Crippen LogP contribution is 2.38. The van der Waals surface area contributed by atoms with E-state index in [1.807, 2.05) is 0 Å². The molecule has 2 rings (SSSR count). The molecule has 2 nitrogen and oxygen atoms in total. The summed E-state index contributed by atoms with van der Waals surface area (Å²) in [6, 6.07) is 6.67. The number of nitrogens with one attached hydrogen (secondary N) is 1. The van der Waals surface area contributed by atoms with Crippen molar-refractivity contribution in [3.05, 3.63) is 33.8 Å². The molecule has 1 aromatic carbocycles. The number of hydrogen-bond donors (Lipinski definition) is 2. The van der Waals surface area contributed by atoms with Crippen molar-refractivity contribution >= 4 is 15.9 Å². The van der Waals surface area contributed by atoms with Gasteiger partial charge in [0.15, 0.2) is 0 Å². The molecule has 0 bridgehead atoms. The molecule has 0 amide bonds. The van der Waals surface area contributed by atoms with Gasteiger partial charge in [-0.3, -0.25) is 11.3 Å². The average Bonchev–Trinajstić information content (AvgIpc) is 2.35. The van der Waals surface area contributed by atoms with Crippen LogP contribution >= 0.6 is 15.9 Å². The molecular weight excluding hydrogens is 288 g/mol. The normalized spacial score (nSPS) is 26.0. The van der Waals surface area contributed by atoms with E-state index >= 15 is 0 Å². The SMILES string of the molecule is Cc1c(Br)cccc1C(NN)C1CCCC(C)C1. The first-order valence-electron chi connectivity index (χ1n) is 6.84. The summed E-state index contributed by atoms with van der Waals surface area (Å²) in [6.07, 6.45) is 5.26. The van der Waals surface area contributed by atoms with E-state index in [9.17, 15) is 0 Å². The van der Waals surface area contributed by atoms with Gasteiger partial charge in [-0.05, 0) is 48.8 Å². The second kappa shape index (κ2) is 6.18. The van der Waals surface area contributed by atoms with E-state index in [-0.39, 0.29) is 6.04 Å². The van der Waals surface area contributed by atoms with Gasteiger partial charge in [0, 0.05) is 10.5 Å². The van der Waals surface area contributed by atoms with Crippen LogP contribution in [0.25, 0.3) is 0 Å². The molecule has 1 fully saturated rings. The molecule has 0 aromatic heterocycles. The summed E-state index contributed by atoms with van der Waals surface area (Å²) in [5.74, 6) is 7.32. The molecule has 0 heterocycles. The first kappa shape index (κ1) is 14.0. The van der Waals surface area contributed by atoms with Crippen molar-refractivity contribution in [3.8, 4) is 0 Å². The van der Waals surface area contributed by atoms with Crippen LogP contribution in [0.3, 0.4) is 0 Å². The van der Waals surface area contributed by atoms with Crippen molar-refractivity contribution in [1.29, 1.82) is 0 Å². The third-order valence-electron chi connectivity index (χ3n) is 4.27. The standard InChI is InChI=1S/C15H23BrN2/c1-10-5-3-6-12(9-10)15(18-17)13-7-4-8-14(16)11(13)2/h4,7-8,10,12,15,18H,3,5-6,9,17H2,1-2H3. The smallest absolute Gasteiger partial charge is 0.0491 e. The Bertz CT molecular complexity index is 405. The first-order valence-corrected chi connectivity index (χ1v) is 7.64. The Balaban J connectivity index is 2.24. The minimum atomic E-state index is 0.283. The minimum absolute atomic E-state index is 0.283. The predicted molar refractivity (Wildman–Crippen MR) is 80.1 cm³/mol. The minimum Gasteiger partial charge on any atom is -0.271 e. The first-order chi connectivity index (χ1) is 8.63. The van der Waals surface area contributed by atoms with Crippen LogP contribution in [0.1, 0.15) is 49.8 Å². The number of rotatable bonds is 3. The summed E-state index contributed by atoms with van der Waals surface area (Å²) in [4.78, 5) is 0. The summed E-state index contributed by atoms with van der Waals surface area (Å²) in [5.41, 5.74) is 5.70. The molecule has 100 valence electrons. The van der Waals surface area contributed by atoms with Crippen molar-refractivity contribution in [2.75, 3.05) is 0 Å². The topological polar surface area (TPSA) is 38.0 Å². The Morgan fingerprint density at radius 2 is 2.17 bits per heavy atom. The van der Waals surface area contributed by atoms with E-state index in [0.29, 0.717) is 5.92 Å². The van der Waals surface area contributed by atoms with Gasteiger partial charge in [0.1, 0.15) is 0 Å². The van der Waals surface area contributed by atoms with Crippen LogP contribution in [0.5, 0.6) is 0 Å². The van der Waals surface area contributed by atoms with Gasteiger partial charge in [0.2, 0.25) is 0 Å². The van der Waals surface area contributed by atoms with Crippen molar-refractivity contribution in [3.63, 3.8) is 0 Å². The lowest BCUT2D eigenvalue weighted by atomic mass is 9.76. The van der Waals surface area contributed by atoms with Crippen molar-refractivity contribution in [2.24, 2.45) is 17.7 Å². The molecule has 1 aliphatic carbocycles. The molecule has 3 N–H and O–H groups in total. The molecule has 0 aliphatic heterocycles. The Hall–Kier alpha value is -0.380. The maximum atomic E-state index is 5.83. The van der Waals surface area contributed by atoms with E-state index in [4.69, 9.17) is 5.84 Å². The summed E-state index contributed by atoms with van der Waals surface area (Å²) in [6.45, 7) is 4.52. The van der Waals surface area contributed by atoms with Gasteiger partial charge < -0.3 is 0 Å². The predicted octanol–water partition coefficient (Wildman–Crippen LogP) is 4.09. The van der Waals surface area contributed by atoms with E-state index in [2.05, 4.69) is 53.4 Å². The fourth-order valence-electron chi connectivity index (χ4n) is 3.22.